The summed E-state index contributed by atoms with van der Waals surface area (Å²) >= 11 is 0. The Morgan fingerprint density at radius 2 is 1.95 bits per heavy atom. The largest absolute Gasteiger partial charge is 0.383 e. The maximum atomic E-state index is 12.0. The number of hydrogen-bond acceptors (Lipinski definition) is 4. The summed E-state index contributed by atoms with van der Waals surface area (Å²) in [6.45, 7) is 5.78. The Labute approximate surface area is 137 Å². The fourth-order valence-corrected chi connectivity index (χ4v) is 1.83. The number of benzene rings is 1. The van der Waals surface area contributed by atoms with E-state index in [9.17, 15) is 9.59 Å². The highest BCUT2D eigenvalue weighted by molar-refractivity contribution is 5.98. The van der Waals surface area contributed by atoms with E-state index < -0.39 is 6.04 Å². The normalized spacial score (nSPS) is 11.5. The number of anilines is 1. The van der Waals surface area contributed by atoms with Gasteiger partial charge in [-0.3, -0.25) is 9.59 Å². The van der Waals surface area contributed by atoms with Crippen molar-refractivity contribution in [3.05, 3.63) is 29.3 Å². The molecule has 1 unspecified atom stereocenters. The molecule has 1 atom stereocenters. The van der Waals surface area contributed by atoms with Crippen LogP contribution in [0.3, 0.4) is 0 Å². The van der Waals surface area contributed by atoms with E-state index in [1.807, 2.05) is 20.8 Å². The Hall–Kier alpha value is -1.63. The van der Waals surface area contributed by atoms with Crippen LogP contribution in [0, 0.1) is 6.92 Å². The van der Waals surface area contributed by atoms with E-state index in [0.29, 0.717) is 11.3 Å². The maximum Gasteiger partial charge on any atom is 0.251 e. The van der Waals surface area contributed by atoms with Crippen molar-refractivity contribution in [2.45, 2.75) is 32.9 Å². The van der Waals surface area contributed by atoms with Gasteiger partial charge < -0.3 is 21.1 Å². The van der Waals surface area contributed by atoms with Gasteiger partial charge in [-0.05, 0) is 44.5 Å². The van der Waals surface area contributed by atoms with E-state index in [0.717, 1.165) is 5.56 Å². The summed E-state index contributed by atoms with van der Waals surface area (Å²) in [5.41, 5.74) is 7.62. The molecule has 124 valence electrons. The molecule has 1 aromatic rings. The number of carbonyl (C=O) groups excluding carboxylic acids is 2. The lowest BCUT2D eigenvalue weighted by Gasteiger charge is -2.14. The molecule has 0 aliphatic heterocycles. The summed E-state index contributed by atoms with van der Waals surface area (Å²) in [5.74, 6) is -0.452. The highest BCUT2D eigenvalue weighted by Gasteiger charge is 2.15. The van der Waals surface area contributed by atoms with Crippen LogP contribution in [0.15, 0.2) is 18.2 Å². The molecule has 0 aliphatic carbocycles. The van der Waals surface area contributed by atoms with E-state index in [4.69, 9.17) is 10.5 Å². The Bertz CT molecular complexity index is 521. The number of amides is 2. The van der Waals surface area contributed by atoms with Crippen molar-refractivity contribution < 1.29 is 14.3 Å². The first-order valence-corrected chi connectivity index (χ1v) is 6.82. The molecule has 0 heterocycles. The van der Waals surface area contributed by atoms with Gasteiger partial charge >= 0.3 is 0 Å². The molecule has 4 N–H and O–H groups in total. The molecular weight excluding hydrogens is 306 g/mol. The zero-order valence-corrected chi connectivity index (χ0v) is 14.1. The van der Waals surface area contributed by atoms with Crippen LogP contribution in [-0.4, -0.2) is 37.6 Å². The molecule has 0 bridgehead atoms. The number of halogens is 1. The van der Waals surface area contributed by atoms with Gasteiger partial charge in [0.25, 0.3) is 5.91 Å². The molecule has 1 aromatic carbocycles. The fourth-order valence-electron chi connectivity index (χ4n) is 1.83. The molecule has 0 aromatic heterocycles. The minimum atomic E-state index is -0.723. The first-order valence-electron chi connectivity index (χ1n) is 6.82. The Balaban J connectivity index is 0.00000441. The van der Waals surface area contributed by atoms with Gasteiger partial charge in [-0.2, -0.15) is 0 Å². The third-order valence-corrected chi connectivity index (χ3v) is 2.84. The number of carbonyl (C=O) groups is 2. The van der Waals surface area contributed by atoms with Crippen LogP contribution < -0.4 is 16.4 Å². The first-order chi connectivity index (χ1) is 9.85. The van der Waals surface area contributed by atoms with Crippen LogP contribution >= 0.6 is 12.4 Å². The molecule has 2 amide bonds. The van der Waals surface area contributed by atoms with Crippen molar-refractivity contribution in [1.82, 2.24) is 5.32 Å². The van der Waals surface area contributed by atoms with E-state index >= 15 is 0 Å². The SMILES string of the molecule is COCC(N)C(=O)Nc1ccc(C(=O)NC(C)C)c(C)c1.Cl. The summed E-state index contributed by atoms with van der Waals surface area (Å²) in [6, 6.07) is 4.46. The molecule has 22 heavy (non-hydrogen) atoms. The van der Waals surface area contributed by atoms with Gasteiger partial charge in [-0.1, -0.05) is 0 Å². The van der Waals surface area contributed by atoms with Crippen molar-refractivity contribution in [2.24, 2.45) is 5.73 Å². The number of nitrogens with two attached hydrogens (primary N) is 1. The lowest BCUT2D eigenvalue weighted by molar-refractivity contribution is -0.118. The molecule has 0 aliphatic rings. The number of ether oxygens (including phenoxy) is 1. The lowest BCUT2D eigenvalue weighted by Crippen LogP contribution is -2.39. The zero-order chi connectivity index (χ0) is 16.0. The van der Waals surface area contributed by atoms with E-state index in [2.05, 4.69) is 10.6 Å². The average molecular weight is 330 g/mol. The minimum absolute atomic E-state index is 0. The van der Waals surface area contributed by atoms with Gasteiger partial charge in [0, 0.05) is 24.4 Å². The van der Waals surface area contributed by atoms with Crippen molar-refractivity contribution in [3.63, 3.8) is 0 Å². The van der Waals surface area contributed by atoms with Crippen molar-refractivity contribution in [2.75, 3.05) is 19.0 Å². The van der Waals surface area contributed by atoms with E-state index in [1.165, 1.54) is 7.11 Å². The van der Waals surface area contributed by atoms with Crippen LogP contribution in [0.25, 0.3) is 0 Å². The number of methoxy groups -OCH3 is 1. The standard InChI is InChI=1S/C15H23N3O3.ClH/c1-9(2)17-14(19)12-6-5-11(7-10(12)3)18-15(20)13(16)8-21-4;/h5-7,9,13H,8,16H2,1-4H3,(H,17,19)(H,18,20);1H. The van der Waals surface area contributed by atoms with E-state index in [1.54, 1.807) is 18.2 Å². The molecule has 0 saturated heterocycles. The maximum absolute atomic E-state index is 12.0. The van der Waals surface area contributed by atoms with Crippen LogP contribution in [-0.2, 0) is 9.53 Å². The van der Waals surface area contributed by atoms with Crippen LogP contribution in [0.4, 0.5) is 5.69 Å². The number of aryl methyl sites for hydroxylation is 1. The summed E-state index contributed by atoms with van der Waals surface area (Å²) in [6.07, 6.45) is 0. The predicted octanol–water partition coefficient (Wildman–Crippen LogP) is 1.47. The molecule has 6 nitrogen and oxygen atoms in total. The van der Waals surface area contributed by atoms with Crippen molar-refractivity contribution in [1.29, 1.82) is 0 Å². The first kappa shape index (κ1) is 20.4. The van der Waals surface area contributed by atoms with Gasteiger partial charge in [0.15, 0.2) is 0 Å². The summed E-state index contributed by atoms with van der Waals surface area (Å²) < 4.78 is 4.83. The Kier molecular flexibility index (Phi) is 8.70. The summed E-state index contributed by atoms with van der Waals surface area (Å²) in [5, 5.41) is 5.53. The van der Waals surface area contributed by atoms with Crippen LogP contribution in [0.5, 0.6) is 0 Å². The van der Waals surface area contributed by atoms with Gasteiger partial charge in [0.2, 0.25) is 5.91 Å². The molecule has 0 saturated carbocycles. The van der Waals surface area contributed by atoms with Gasteiger partial charge in [-0.25, -0.2) is 0 Å². The second-order valence-corrected chi connectivity index (χ2v) is 5.21. The second-order valence-electron chi connectivity index (χ2n) is 5.21. The molecule has 7 heteroatoms. The Morgan fingerprint density at radius 1 is 1.32 bits per heavy atom. The smallest absolute Gasteiger partial charge is 0.251 e. The summed E-state index contributed by atoms with van der Waals surface area (Å²) in [4.78, 5) is 23.8. The molecular formula is C15H24ClN3O3. The second kappa shape index (κ2) is 9.40. The quantitative estimate of drug-likeness (QED) is 0.736. The summed E-state index contributed by atoms with van der Waals surface area (Å²) in [7, 11) is 1.49. The fraction of sp³-hybridized carbons (Fsp3) is 0.467. The highest BCUT2D eigenvalue weighted by Crippen LogP contribution is 2.15. The number of rotatable bonds is 6. The van der Waals surface area contributed by atoms with Crippen LogP contribution in [0.1, 0.15) is 29.8 Å². The third kappa shape index (κ3) is 6.01. The number of nitrogens with one attached hydrogen (secondary N) is 2. The molecule has 0 radical (unpaired) electrons. The van der Waals surface area contributed by atoms with Crippen LogP contribution in [0.2, 0.25) is 0 Å². The van der Waals surface area contributed by atoms with Gasteiger partial charge in [-0.15, -0.1) is 12.4 Å². The van der Waals surface area contributed by atoms with Gasteiger partial charge in [0.1, 0.15) is 6.04 Å². The number of hydrogen-bond donors (Lipinski definition) is 3. The molecule has 1 rings (SSSR count). The van der Waals surface area contributed by atoms with E-state index in [-0.39, 0.29) is 36.9 Å². The monoisotopic (exact) mass is 329 g/mol. The molecule has 0 spiro atoms. The molecule has 0 fully saturated rings. The average Bonchev–Trinajstić information content (AvgIpc) is 2.37. The Morgan fingerprint density at radius 3 is 2.45 bits per heavy atom. The predicted molar refractivity (Wildman–Crippen MR) is 89.5 cm³/mol. The van der Waals surface area contributed by atoms with Crippen molar-refractivity contribution >= 4 is 29.9 Å². The lowest BCUT2D eigenvalue weighted by atomic mass is 10.1. The minimum Gasteiger partial charge on any atom is -0.383 e. The van der Waals surface area contributed by atoms with Crippen molar-refractivity contribution in [3.8, 4) is 0 Å². The highest BCUT2D eigenvalue weighted by atomic mass is 35.5. The zero-order valence-electron chi connectivity index (χ0n) is 13.3. The van der Waals surface area contributed by atoms with Gasteiger partial charge in [0.05, 0.1) is 6.61 Å². The third-order valence-electron chi connectivity index (χ3n) is 2.84. The topological polar surface area (TPSA) is 93.4 Å².